The Kier molecular flexibility index (Phi) is 52.8. The number of carbonyl (C=O) groups excluding carboxylic acids is 3. The highest BCUT2D eigenvalue weighted by Gasteiger charge is 2.19. The van der Waals surface area contributed by atoms with E-state index in [1.807, 2.05) is 0 Å². The van der Waals surface area contributed by atoms with Crippen LogP contribution in [0.2, 0.25) is 0 Å². The van der Waals surface area contributed by atoms with Gasteiger partial charge in [0, 0.05) is 19.3 Å². The van der Waals surface area contributed by atoms with Crippen molar-refractivity contribution < 1.29 is 28.6 Å². The van der Waals surface area contributed by atoms with Gasteiger partial charge in [-0.25, -0.2) is 0 Å². The molecule has 0 N–H and O–H groups in total. The molecule has 0 spiro atoms. The number of ether oxygens (including phenoxy) is 3. The van der Waals surface area contributed by atoms with E-state index in [4.69, 9.17) is 14.2 Å². The van der Waals surface area contributed by atoms with Gasteiger partial charge in [0.1, 0.15) is 13.2 Å². The van der Waals surface area contributed by atoms with Crippen molar-refractivity contribution in [3.05, 3.63) is 72.9 Å². The van der Waals surface area contributed by atoms with Gasteiger partial charge in [0.05, 0.1) is 0 Å². The summed E-state index contributed by atoms with van der Waals surface area (Å²) in [6.07, 6.45) is 70.3. The molecular weight excluding hydrogens is 829 g/mol. The summed E-state index contributed by atoms with van der Waals surface area (Å²) < 4.78 is 16.8. The molecule has 0 saturated heterocycles. The minimum absolute atomic E-state index is 0.0855. The monoisotopic (exact) mass is 935 g/mol. The fourth-order valence-corrected chi connectivity index (χ4v) is 7.81. The van der Waals surface area contributed by atoms with E-state index < -0.39 is 6.10 Å². The molecule has 1 atom stereocenters. The van der Waals surface area contributed by atoms with Crippen molar-refractivity contribution in [2.24, 2.45) is 0 Å². The SMILES string of the molecule is CCCC/C=C\CCCCCCCC(=O)OCC(COC(=O)CCCCCCCC/C=C\C/C=C\C/C=C\CCCCC)OC(=O)CCCCCCCCCCC/C=C\C/C=C\CCCCC. The number of esters is 3. The molecule has 0 saturated carbocycles. The largest absolute Gasteiger partial charge is 0.462 e. The van der Waals surface area contributed by atoms with Crippen LogP contribution in [0, 0.1) is 0 Å². The lowest BCUT2D eigenvalue weighted by Crippen LogP contribution is -2.30. The summed E-state index contributed by atoms with van der Waals surface area (Å²) in [6.45, 7) is 6.54. The van der Waals surface area contributed by atoms with E-state index in [1.54, 1.807) is 0 Å². The van der Waals surface area contributed by atoms with E-state index in [0.29, 0.717) is 19.3 Å². The Morgan fingerprint density at radius 1 is 0.299 bits per heavy atom. The molecule has 1 unspecified atom stereocenters. The van der Waals surface area contributed by atoms with E-state index >= 15 is 0 Å². The van der Waals surface area contributed by atoms with Crippen LogP contribution in [0.4, 0.5) is 0 Å². The van der Waals surface area contributed by atoms with Crippen LogP contribution in [0.1, 0.15) is 278 Å². The number of unbranched alkanes of at least 4 members (excludes halogenated alkanes) is 28. The lowest BCUT2D eigenvalue weighted by molar-refractivity contribution is -0.167. The number of carbonyl (C=O) groups is 3. The van der Waals surface area contributed by atoms with Crippen LogP contribution in [0.3, 0.4) is 0 Å². The van der Waals surface area contributed by atoms with Crippen LogP contribution in [-0.2, 0) is 28.6 Å². The fraction of sp³-hybridized carbons (Fsp3) is 0.754. The molecule has 0 heterocycles. The molecule has 67 heavy (non-hydrogen) atoms. The lowest BCUT2D eigenvalue weighted by atomic mass is 10.1. The van der Waals surface area contributed by atoms with Gasteiger partial charge in [0.25, 0.3) is 0 Å². The zero-order valence-electron chi connectivity index (χ0n) is 44.2. The first-order chi connectivity index (χ1) is 33.0. The molecule has 0 aromatic rings. The lowest BCUT2D eigenvalue weighted by Gasteiger charge is -2.18. The van der Waals surface area contributed by atoms with E-state index in [2.05, 4.69) is 93.7 Å². The zero-order valence-corrected chi connectivity index (χ0v) is 44.2. The van der Waals surface area contributed by atoms with Gasteiger partial charge in [-0.05, 0) is 109 Å². The predicted molar refractivity (Wildman–Crippen MR) is 288 cm³/mol. The summed E-state index contributed by atoms with van der Waals surface area (Å²) in [5, 5.41) is 0. The smallest absolute Gasteiger partial charge is 0.306 e. The molecule has 0 aliphatic carbocycles. The highest BCUT2D eigenvalue weighted by Crippen LogP contribution is 2.15. The van der Waals surface area contributed by atoms with Crippen molar-refractivity contribution in [2.75, 3.05) is 13.2 Å². The standard InChI is InChI=1S/C61H106O6/c1-4-7-10-13-16-19-22-24-26-28-30-32-34-36-39-42-45-48-51-54-60(63)66-57-58(56-65-59(62)53-50-47-44-41-38-21-18-15-12-9-6-3)67-61(64)55-52-49-46-43-40-37-35-33-31-29-27-25-23-20-17-14-11-8-5-2/h15-20,24-27,30,32,58H,4-14,21-23,28-29,31,33-57H2,1-3H3/b18-15-,19-16-,20-17-,26-24-,27-25-,32-30-. The van der Waals surface area contributed by atoms with Gasteiger partial charge in [0.2, 0.25) is 0 Å². The molecule has 0 aromatic carbocycles. The summed E-state index contributed by atoms with van der Waals surface area (Å²) in [5.74, 6) is -0.905. The van der Waals surface area contributed by atoms with Crippen molar-refractivity contribution in [2.45, 2.75) is 284 Å². The normalized spacial score (nSPS) is 12.6. The maximum atomic E-state index is 12.8. The Labute approximate surface area is 414 Å². The van der Waals surface area contributed by atoms with Gasteiger partial charge in [-0.2, -0.15) is 0 Å². The first-order valence-electron chi connectivity index (χ1n) is 28.4. The summed E-state index contributed by atoms with van der Waals surface area (Å²) >= 11 is 0. The first-order valence-corrected chi connectivity index (χ1v) is 28.4. The van der Waals surface area contributed by atoms with E-state index in [-0.39, 0.29) is 31.1 Å². The zero-order chi connectivity index (χ0) is 48.6. The van der Waals surface area contributed by atoms with Crippen LogP contribution >= 0.6 is 0 Å². The highest BCUT2D eigenvalue weighted by molar-refractivity contribution is 5.71. The van der Waals surface area contributed by atoms with Crippen LogP contribution in [0.25, 0.3) is 0 Å². The minimum atomic E-state index is -0.786. The molecule has 6 heteroatoms. The van der Waals surface area contributed by atoms with E-state index in [0.717, 1.165) is 89.9 Å². The molecule has 0 rings (SSSR count). The van der Waals surface area contributed by atoms with Crippen LogP contribution in [0.15, 0.2) is 72.9 Å². The molecule has 6 nitrogen and oxygen atoms in total. The second-order valence-corrected chi connectivity index (χ2v) is 18.8. The summed E-state index contributed by atoms with van der Waals surface area (Å²) in [5.41, 5.74) is 0. The van der Waals surface area contributed by atoms with Crippen molar-refractivity contribution in [3.63, 3.8) is 0 Å². The Hall–Kier alpha value is -3.15. The molecule has 0 aliphatic heterocycles. The van der Waals surface area contributed by atoms with Gasteiger partial charge >= 0.3 is 17.9 Å². The second-order valence-electron chi connectivity index (χ2n) is 18.8. The molecular formula is C61H106O6. The number of hydrogen-bond donors (Lipinski definition) is 0. The van der Waals surface area contributed by atoms with E-state index in [1.165, 1.54) is 148 Å². The van der Waals surface area contributed by atoms with E-state index in [9.17, 15) is 14.4 Å². The second kappa shape index (κ2) is 55.4. The molecule has 0 bridgehead atoms. The average molecular weight is 936 g/mol. The maximum Gasteiger partial charge on any atom is 0.306 e. The van der Waals surface area contributed by atoms with Crippen LogP contribution < -0.4 is 0 Å². The maximum absolute atomic E-state index is 12.8. The Bertz CT molecular complexity index is 1260. The third-order valence-corrected chi connectivity index (χ3v) is 12.2. The van der Waals surface area contributed by atoms with Gasteiger partial charge in [0.15, 0.2) is 6.10 Å². The first kappa shape index (κ1) is 63.8. The molecule has 386 valence electrons. The van der Waals surface area contributed by atoms with Crippen molar-refractivity contribution in [3.8, 4) is 0 Å². The van der Waals surface area contributed by atoms with Gasteiger partial charge in [-0.1, -0.05) is 222 Å². The third kappa shape index (κ3) is 53.7. The molecule has 0 radical (unpaired) electrons. The van der Waals surface area contributed by atoms with Crippen molar-refractivity contribution >= 4 is 17.9 Å². The molecule has 0 aromatic heterocycles. The minimum Gasteiger partial charge on any atom is -0.462 e. The quantitative estimate of drug-likeness (QED) is 0.0262. The highest BCUT2D eigenvalue weighted by atomic mass is 16.6. The predicted octanol–water partition coefficient (Wildman–Crippen LogP) is 19.0. The number of allylic oxidation sites excluding steroid dienone is 12. The Balaban J connectivity index is 4.37. The van der Waals surface area contributed by atoms with Crippen molar-refractivity contribution in [1.29, 1.82) is 0 Å². The third-order valence-electron chi connectivity index (χ3n) is 12.2. The molecule has 0 amide bonds. The van der Waals surface area contributed by atoms with Crippen molar-refractivity contribution in [1.82, 2.24) is 0 Å². The summed E-state index contributed by atoms with van der Waals surface area (Å²) in [4.78, 5) is 38.1. The Morgan fingerprint density at radius 3 is 0.896 bits per heavy atom. The van der Waals surface area contributed by atoms with Gasteiger partial charge in [-0.3, -0.25) is 14.4 Å². The summed E-state index contributed by atoms with van der Waals surface area (Å²) in [7, 11) is 0. The summed E-state index contributed by atoms with van der Waals surface area (Å²) in [6, 6.07) is 0. The van der Waals surface area contributed by atoms with Gasteiger partial charge < -0.3 is 14.2 Å². The van der Waals surface area contributed by atoms with Crippen LogP contribution in [-0.4, -0.2) is 37.2 Å². The number of rotatable bonds is 51. The molecule has 0 fully saturated rings. The number of hydrogen-bond acceptors (Lipinski definition) is 6. The fourth-order valence-electron chi connectivity index (χ4n) is 7.81. The Morgan fingerprint density at radius 2 is 0.552 bits per heavy atom. The van der Waals surface area contributed by atoms with Crippen LogP contribution in [0.5, 0.6) is 0 Å². The molecule has 0 aliphatic rings. The average Bonchev–Trinajstić information content (AvgIpc) is 3.33. The van der Waals surface area contributed by atoms with Gasteiger partial charge in [-0.15, -0.1) is 0 Å². The topological polar surface area (TPSA) is 78.9 Å².